The van der Waals surface area contributed by atoms with Crippen LogP contribution in [0.15, 0.2) is 24.3 Å². The highest BCUT2D eigenvalue weighted by Gasteiger charge is 2.32. The molecule has 8 N–H and O–H groups in total. The van der Waals surface area contributed by atoms with Crippen molar-refractivity contribution >= 4 is 23.7 Å². The molecule has 0 aliphatic carbocycles. The second-order valence-corrected chi connectivity index (χ2v) is 8.02. The van der Waals surface area contributed by atoms with Crippen LogP contribution in [-0.4, -0.2) is 69.3 Å². The minimum Gasteiger partial charge on any atom is -0.508 e. The van der Waals surface area contributed by atoms with Gasteiger partial charge in [0.1, 0.15) is 23.9 Å². The number of nitrogens with two attached hydrogens (primary N) is 1. The molecule has 0 radical (unpaired) electrons. The van der Waals surface area contributed by atoms with Crippen LogP contribution in [0.1, 0.15) is 33.3 Å². The predicted octanol–water partition coefficient (Wildman–Crippen LogP) is -1.14. The summed E-state index contributed by atoms with van der Waals surface area (Å²) in [5, 5.41) is 36.0. The molecule has 0 aliphatic heterocycles. The second-order valence-electron chi connectivity index (χ2n) is 8.02. The van der Waals surface area contributed by atoms with E-state index in [1.807, 2.05) is 0 Å². The molecule has 11 heteroatoms. The van der Waals surface area contributed by atoms with Crippen molar-refractivity contribution in [3.05, 3.63) is 29.8 Å². The fourth-order valence-electron chi connectivity index (χ4n) is 2.80. The smallest absolute Gasteiger partial charge is 0.326 e. The summed E-state index contributed by atoms with van der Waals surface area (Å²) < 4.78 is 0. The Morgan fingerprint density at radius 1 is 0.875 bits per heavy atom. The first-order valence-corrected chi connectivity index (χ1v) is 10.2. The van der Waals surface area contributed by atoms with Crippen molar-refractivity contribution in [2.75, 3.05) is 0 Å². The number of hydrogen-bond donors (Lipinski definition) is 7. The number of aromatic hydroxyl groups is 1. The molecule has 0 spiro atoms. The molecule has 0 saturated heterocycles. The highest BCUT2D eigenvalue weighted by Crippen LogP contribution is 2.12. The highest BCUT2D eigenvalue weighted by atomic mass is 16.4. The second kappa shape index (κ2) is 12.0. The van der Waals surface area contributed by atoms with Crippen LogP contribution in [0.25, 0.3) is 0 Å². The lowest BCUT2D eigenvalue weighted by atomic mass is 10.0. The molecule has 3 amide bonds. The summed E-state index contributed by atoms with van der Waals surface area (Å²) in [7, 11) is 0. The van der Waals surface area contributed by atoms with Gasteiger partial charge in [-0.15, -0.1) is 0 Å². The lowest BCUT2D eigenvalue weighted by Gasteiger charge is -2.27. The van der Waals surface area contributed by atoms with Crippen LogP contribution in [0.2, 0.25) is 0 Å². The lowest BCUT2D eigenvalue weighted by Crippen LogP contribution is -2.60. The number of carboxylic acid groups (broad SMARTS) is 1. The maximum atomic E-state index is 12.9. The van der Waals surface area contributed by atoms with Gasteiger partial charge in [-0.2, -0.15) is 0 Å². The number of amides is 3. The lowest BCUT2D eigenvalue weighted by molar-refractivity contribution is -0.143. The van der Waals surface area contributed by atoms with E-state index in [1.54, 1.807) is 26.0 Å². The number of carbonyl (C=O) groups excluding carboxylic acids is 3. The zero-order chi connectivity index (χ0) is 24.6. The van der Waals surface area contributed by atoms with Crippen LogP contribution in [0, 0.1) is 5.92 Å². The molecule has 1 aromatic rings. The fourth-order valence-corrected chi connectivity index (χ4v) is 2.80. The van der Waals surface area contributed by atoms with Crippen molar-refractivity contribution in [1.29, 1.82) is 0 Å². The van der Waals surface area contributed by atoms with E-state index in [0.29, 0.717) is 5.56 Å². The number of nitrogens with one attached hydrogen (secondary N) is 3. The molecular formula is C21H32N4O7. The topological polar surface area (TPSA) is 191 Å². The van der Waals surface area contributed by atoms with Gasteiger partial charge in [0, 0.05) is 6.42 Å². The number of aliphatic carboxylic acids is 1. The van der Waals surface area contributed by atoms with Crippen LogP contribution in [0.4, 0.5) is 0 Å². The van der Waals surface area contributed by atoms with E-state index in [9.17, 15) is 34.5 Å². The molecule has 1 rings (SSSR count). The molecule has 32 heavy (non-hydrogen) atoms. The van der Waals surface area contributed by atoms with Gasteiger partial charge in [0.05, 0.1) is 12.1 Å². The van der Waals surface area contributed by atoms with Crippen molar-refractivity contribution in [2.45, 2.75) is 64.4 Å². The summed E-state index contributed by atoms with van der Waals surface area (Å²) in [6.07, 6.45) is -1.33. The van der Waals surface area contributed by atoms with E-state index in [2.05, 4.69) is 16.0 Å². The first kappa shape index (κ1) is 26.9. The molecule has 5 unspecified atom stereocenters. The van der Waals surface area contributed by atoms with E-state index in [0.717, 1.165) is 0 Å². The van der Waals surface area contributed by atoms with Crippen LogP contribution in [0.3, 0.4) is 0 Å². The molecule has 0 aliphatic rings. The van der Waals surface area contributed by atoms with Crippen molar-refractivity contribution < 1.29 is 34.5 Å². The van der Waals surface area contributed by atoms with E-state index in [-0.39, 0.29) is 12.2 Å². The van der Waals surface area contributed by atoms with Crippen molar-refractivity contribution in [1.82, 2.24) is 16.0 Å². The molecule has 0 aromatic heterocycles. The van der Waals surface area contributed by atoms with Gasteiger partial charge >= 0.3 is 5.97 Å². The van der Waals surface area contributed by atoms with Gasteiger partial charge in [0.25, 0.3) is 0 Å². The van der Waals surface area contributed by atoms with E-state index in [1.165, 1.54) is 26.0 Å². The normalized spacial score (nSPS) is 15.7. The number of phenols is 1. The van der Waals surface area contributed by atoms with Gasteiger partial charge in [-0.3, -0.25) is 14.4 Å². The van der Waals surface area contributed by atoms with Crippen LogP contribution in [-0.2, 0) is 25.6 Å². The Labute approximate surface area is 186 Å². The third-order valence-corrected chi connectivity index (χ3v) is 4.72. The van der Waals surface area contributed by atoms with E-state index < -0.39 is 59.9 Å². The minimum absolute atomic E-state index is 0.0114. The van der Waals surface area contributed by atoms with E-state index in [4.69, 9.17) is 5.73 Å². The maximum Gasteiger partial charge on any atom is 0.326 e. The molecule has 0 bridgehead atoms. The Bertz CT molecular complexity index is 809. The number of aliphatic hydroxyl groups excluding tert-OH is 1. The zero-order valence-corrected chi connectivity index (χ0v) is 18.5. The molecule has 5 atom stereocenters. The number of carbonyl (C=O) groups is 4. The van der Waals surface area contributed by atoms with Crippen LogP contribution >= 0.6 is 0 Å². The molecular weight excluding hydrogens is 420 g/mol. The summed E-state index contributed by atoms with van der Waals surface area (Å²) in [6.45, 7) is 5.95. The molecule has 178 valence electrons. The van der Waals surface area contributed by atoms with E-state index >= 15 is 0 Å². The quantitative estimate of drug-likeness (QED) is 0.219. The number of aliphatic hydroxyl groups is 1. The van der Waals surface area contributed by atoms with Crippen molar-refractivity contribution in [3.63, 3.8) is 0 Å². The van der Waals surface area contributed by atoms with Gasteiger partial charge in [0.15, 0.2) is 0 Å². The Balaban J connectivity index is 3.13. The highest BCUT2D eigenvalue weighted by molar-refractivity contribution is 5.94. The average molecular weight is 453 g/mol. The number of phenolic OH excluding ortho intramolecular Hbond substituents is 1. The van der Waals surface area contributed by atoms with Gasteiger partial charge in [-0.1, -0.05) is 26.0 Å². The Morgan fingerprint density at radius 2 is 1.41 bits per heavy atom. The Hall–Kier alpha value is -3.18. The minimum atomic E-state index is -1.39. The molecule has 11 nitrogen and oxygen atoms in total. The third kappa shape index (κ3) is 8.16. The van der Waals surface area contributed by atoms with Crippen molar-refractivity contribution in [2.24, 2.45) is 11.7 Å². The van der Waals surface area contributed by atoms with Gasteiger partial charge < -0.3 is 37.0 Å². The first-order chi connectivity index (χ1) is 14.8. The summed E-state index contributed by atoms with van der Waals surface area (Å²) >= 11 is 0. The molecule has 1 aromatic carbocycles. The monoisotopic (exact) mass is 452 g/mol. The largest absolute Gasteiger partial charge is 0.508 e. The van der Waals surface area contributed by atoms with Crippen molar-refractivity contribution in [3.8, 4) is 5.75 Å². The summed E-state index contributed by atoms with van der Waals surface area (Å²) in [5.41, 5.74) is 6.07. The number of hydrogen-bond acceptors (Lipinski definition) is 7. The number of carboxylic acids is 1. The van der Waals surface area contributed by atoms with Gasteiger partial charge in [-0.05, 0) is 37.5 Å². The van der Waals surface area contributed by atoms with Gasteiger partial charge in [0.2, 0.25) is 17.7 Å². The zero-order valence-electron chi connectivity index (χ0n) is 18.5. The van der Waals surface area contributed by atoms with Crippen LogP contribution < -0.4 is 21.7 Å². The SMILES string of the molecule is CC(N)C(=O)NC(C(=O)NC(Cc1ccc(O)cc1)C(=O)NC(C(=O)O)C(C)C)C(C)O. The fraction of sp³-hybridized carbons (Fsp3) is 0.524. The molecule has 0 fully saturated rings. The average Bonchev–Trinajstić information content (AvgIpc) is 2.69. The predicted molar refractivity (Wildman–Crippen MR) is 115 cm³/mol. The third-order valence-electron chi connectivity index (χ3n) is 4.72. The number of rotatable bonds is 11. The van der Waals surface area contributed by atoms with Crippen LogP contribution in [0.5, 0.6) is 5.75 Å². The van der Waals surface area contributed by atoms with Gasteiger partial charge in [-0.25, -0.2) is 4.79 Å². The molecule has 0 heterocycles. The summed E-state index contributed by atoms with van der Waals surface area (Å²) in [6, 6.07) is 1.18. The number of benzene rings is 1. The Morgan fingerprint density at radius 3 is 1.84 bits per heavy atom. The molecule has 0 saturated carbocycles. The first-order valence-electron chi connectivity index (χ1n) is 10.2. The summed E-state index contributed by atoms with van der Waals surface area (Å²) in [5.74, 6) is -3.90. The Kier molecular flexibility index (Phi) is 10.1. The standard InChI is InChI=1S/C21H32N4O7/c1-10(2)16(21(31)32)24-19(29)15(9-13-5-7-14(27)8-6-13)23-20(30)17(12(4)26)25-18(28)11(3)22/h5-8,10-12,15-17,26-27H,9,22H2,1-4H3,(H,23,30)(H,24,29)(H,25,28)(H,31,32). The maximum absolute atomic E-state index is 12.9. The summed E-state index contributed by atoms with van der Waals surface area (Å²) in [4.78, 5) is 49.1.